The normalized spacial score (nSPS) is 12.2. The molecule has 31 heavy (non-hydrogen) atoms. The number of H-pyrrole nitrogens is 1. The average Bonchev–Trinajstić information content (AvgIpc) is 3.28. The summed E-state index contributed by atoms with van der Waals surface area (Å²) in [7, 11) is 3.18. The number of imidazole rings is 1. The highest BCUT2D eigenvalue weighted by atomic mass is 16.5. The van der Waals surface area contributed by atoms with Gasteiger partial charge in [-0.2, -0.15) is 0 Å². The van der Waals surface area contributed by atoms with Gasteiger partial charge in [0, 0.05) is 12.7 Å². The molecule has 1 aromatic heterocycles. The van der Waals surface area contributed by atoms with E-state index in [0.29, 0.717) is 22.7 Å². The molecule has 1 heterocycles. The predicted octanol–water partition coefficient (Wildman–Crippen LogP) is 4.17. The van der Waals surface area contributed by atoms with Crippen LogP contribution in [0.25, 0.3) is 0 Å². The lowest BCUT2D eigenvalue weighted by Crippen LogP contribution is -2.38. The van der Waals surface area contributed by atoms with Gasteiger partial charge in [-0.25, -0.2) is 4.98 Å². The van der Waals surface area contributed by atoms with Crippen molar-refractivity contribution in [1.82, 2.24) is 14.9 Å². The Morgan fingerprint density at radius 2 is 1.71 bits per heavy atom. The summed E-state index contributed by atoms with van der Waals surface area (Å²) in [5, 5.41) is 2.94. The number of amides is 2. The Hall–Kier alpha value is -3.61. The fourth-order valence-corrected chi connectivity index (χ4v) is 3.28. The van der Waals surface area contributed by atoms with Gasteiger partial charge < -0.3 is 19.9 Å². The number of aromatic nitrogens is 2. The molecule has 7 heteroatoms. The fourth-order valence-electron chi connectivity index (χ4n) is 3.28. The fraction of sp³-hybridized carbons (Fsp3) is 0.292. The number of hydrogen-bond donors (Lipinski definition) is 2. The molecular weight excluding hydrogens is 392 g/mol. The molecule has 0 fully saturated rings. The van der Waals surface area contributed by atoms with Crippen molar-refractivity contribution < 1.29 is 14.3 Å². The van der Waals surface area contributed by atoms with Crippen molar-refractivity contribution in [2.75, 3.05) is 19.5 Å². The van der Waals surface area contributed by atoms with Gasteiger partial charge in [0.1, 0.15) is 17.5 Å². The van der Waals surface area contributed by atoms with Crippen molar-refractivity contribution >= 4 is 17.5 Å². The molecule has 0 radical (unpaired) electrons. The van der Waals surface area contributed by atoms with Crippen molar-refractivity contribution in [3.05, 3.63) is 77.9 Å². The number of benzene rings is 2. The number of nitrogens with zero attached hydrogens (tertiary/aromatic N) is 2. The maximum absolute atomic E-state index is 13.3. The summed E-state index contributed by atoms with van der Waals surface area (Å²) in [4.78, 5) is 34.3. The van der Waals surface area contributed by atoms with Gasteiger partial charge >= 0.3 is 0 Å². The molecule has 1 unspecified atom stereocenters. The van der Waals surface area contributed by atoms with Gasteiger partial charge in [-0.05, 0) is 40.8 Å². The minimum Gasteiger partial charge on any atom is -0.497 e. The largest absolute Gasteiger partial charge is 0.497 e. The highest BCUT2D eigenvalue weighted by Gasteiger charge is 2.30. The number of hydrogen-bond acceptors (Lipinski definition) is 4. The van der Waals surface area contributed by atoms with Gasteiger partial charge in [-0.3, -0.25) is 9.59 Å². The summed E-state index contributed by atoms with van der Waals surface area (Å²) < 4.78 is 5.22. The van der Waals surface area contributed by atoms with Crippen LogP contribution in [0, 0.1) is 0 Å². The van der Waals surface area contributed by atoms with Crippen LogP contribution in [0.3, 0.4) is 0 Å². The van der Waals surface area contributed by atoms with Crippen LogP contribution in [0.2, 0.25) is 0 Å². The van der Waals surface area contributed by atoms with E-state index in [0.717, 1.165) is 0 Å². The van der Waals surface area contributed by atoms with Crippen molar-refractivity contribution in [1.29, 1.82) is 0 Å². The smallest absolute Gasteiger partial charge is 0.272 e. The number of methoxy groups -OCH3 is 1. The summed E-state index contributed by atoms with van der Waals surface area (Å²) in [6.45, 7) is 6.41. The number of likely N-dealkylation sites (N-methyl/N-ethyl adjacent to an activating group) is 1. The molecule has 0 aliphatic heterocycles. The van der Waals surface area contributed by atoms with Crippen molar-refractivity contribution in [2.45, 2.75) is 32.2 Å². The minimum absolute atomic E-state index is 0.0187. The van der Waals surface area contributed by atoms with E-state index in [1.807, 2.05) is 24.3 Å². The first kappa shape index (κ1) is 22.1. The summed E-state index contributed by atoms with van der Waals surface area (Å²) in [5.41, 5.74) is 2.83. The molecule has 0 aliphatic carbocycles. The van der Waals surface area contributed by atoms with Crippen LogP contribution in [0.5, 0.6) is 5.75 Å². The molecule has 7 nitrogen and oxygen atoms in total. The van der Waals surface area contributed by atoms with Crippen LogP contribution < -0.4 is 10.1 Å². The summed E-state index contributed by atoms with van der Waals surface area (Å²) in [6, 6.07) is 14.0. The topological polar surface area (TPSA) is 87.3 Å². The lowest BCUT2D eigenvalue weighted by Gasteiger charge is -2.27. The van der Waals surface area contributed by atoms with E-state index in [1.54, 1.807) is 38.4 Å². The Kier molecular flexibility index (Phi) is 6.44. The van der Waals surface area contributed by atoms with Crippen LogP contribution in [0.4, 0.5) is 5.69 Å². The molecular formula is C24H28N4O3. The molecule has 0 aliphatic rings. The third-order valence-corrected chi connectivity index (χ3v) is 5.13. The first-order valence-corrected chi connectivity index (χ1v) is 10.0. The predicted molar refractivity (Wildman–Crippen MR) is 120 cm³/mol. The van der Waals surface area contributed by atoms with Gasteiger partial charge in [0.25, 0.3) is 11.8 Å². The Morgan fingerprint density at radius 3 is 2.23 bits per heavy atom. The molecule has 162 valence electrons. The number of carbonyl (C=O) groups excluding carboxylic acids is 2. The second kappa shape index (κ2) is 9.04. The monoisotopic (exact) mass is 420 g/mol. The van der Waals surface area contributed by atoms with Gasteiger partial charge in [0.05, 0.1) is 19.6 Å². The van der Waals surface area contributed by atoms with E-state index in [2.05, 4.69) is 36.1 Å². The number of nitrogens with one attached hydrogen (secondary N) is 2. The molecule has 2 aromatic carbocycles. The maximum atomic E-state index is 13.3. The third-order valence-electron chi connectivity index (χ3n) is 5.13. The van der Waals surface area contributed by atoms with Crippen LogP contribution in [-0.2, 0) is 10.2 Å². The highest BCUT2D eigenvalue weighted by molar-refractivity contribution is 6.00. The summed E-state index contributed by atoms with van der Waals surface area (Å²) in [5.74, 6) is 0.0174. The zero-order valence-electron chi connectivity index (χ0n) is 18.5. The van der Waals surface area contributed by atoms with Crippen molar-refractivity contribution in [3.63, 3.8) is 0 Å². The SMILES string of the molecule is COc1ccc(C(C(=O)Nc2ccc(C(C)(C)C)cc2)N(C)C(=O)c2cnc[nH]2)cc1. The summed E-state index contributed by atoms with van der Waals surface area (Å²) in [6.07, 6.45) is 2.87. The van der Waals surface area contributed by atoms with E-state index in [-0.39, 0.29) is 17.2 Å². The molecule has 0 saturated carbocycles. The first-order chi connectivity index (χ1) is 14.7. The van der Waals surface area contributed by atoms with E-state index in [9.17, 15) is 9.59 Å². The molecule has 2 amide bonds. The standard InChI is InChI=1S/C24H28N4O3/c1-24(2,3)17-8-10-18(11-9-17)27-22(29)21(16-6-12-19(31-5)13-7-16)28(4)23(30)20-14-25-15-26-20/h6-15,21H,1-5H3,(H,25,26)(H,27,29). The number of anilines is 1. The lowest BCUT2D eigenvalue weighted by molar-refractivity contribution is -0.120. The van der Waals surface area contributed by atoms with E-state index in [1.165, 1.54) is 23.0 Å². The number of rotatable bonds is 6. The summed E-state index contributed by atoms with van der Waals surface area (Å²) >= 11 is 0. The Morgan fingerprint density at radius 1 is 1.06 bits per heavy atom. The number of carbonyl (C=O) groups is 2. The minimum atomic E-state index is -0.844. The second-order valence-corrected chi connectivity index (χ2v) is 8.37. The molecule has 0 bridgehead atoms. The van der Waals surface area contributed by atoms with E-state index in [4.69, 9.17) is 4.74 Å². The molecule has 2 N–H and O–H groups in total. The molecule has 0 saturated heterocycles. The quantitative estimate of drug-likeness (QED) is 0.627. The average molecular weight is 421 g/mol. The Labute approximate surface area is 182 Å². The van der Waals surface area contributed by atoms with Crippen molar-refractivity contribution in [3.8, 4) is 5.75 Å². The third kappa shape index (κ3) is 5.12. The first-order valence-electron chi connectivity index (χ1n) is 10.0. The van der Waals surface area contributed by atoms with Crippen molar-refractivity contribution in [2.24, 2.45) is 0 Å². The highest BCUT2D eigenvalue weighted by Crippen LogP contribution is 2.27. The second-order valence-electron chi connectivity index (χ2n) is 8.37. The zero-order valence-corrected chi connectivity index (χ0v) is 18.5. The van der Waals surface area contributed by atoms with E-state index >= 15 is 0 Å². The van der Waals surface area contributed by atoms with Gasteiger partial charge in [0.15, 0.2) is 0 Å². The lowest BCUT2D eigenvalue weighted by atomic mass is 9.87. The number of aromatic amines is 1. The van der Waals surface area contributed by atoms with Crippen LogP contribution in [0.1, 0.15) is 48.4 Å². The Balaban J connectivity index is 1.89. The number of ether oxygens (including phenoxy) is 1. The molecule has 1 atom stereocenters. The van der Waals surface area contributed by atoms with Gasteiger partial charge in [-0.15, -0.1) is 0 Å². The van der Waals surface area contributed by atoms with Gasteiger partial charge in [-0.1, -0.05) is 45.0 Å². The Bertz CT molecular complexity index is 1020. The van der Waals surface area contributed by atoms with Gasteiger partial charge in [0.2, 0.25) is 0 Å². The molecule has 0 spiro atoms. The van der Waals surface area contributed by atoms with Crippen LogP contribution in [0.15, 0.2) is 61.1 Å². The maximum Gasteiger partial charge on any atom is 0.272 e. The van der Waals surface area contributed by atoms with E-state index < -0.39 is 6.04 Å². The molecule has 3 aromatic rings. The zero-order chi connectivity index (χ0) is 22.6. The van der Waals surface area contributed by atoms with Crippen LogP contribution in [-0.4, -0.2) is 40.8 Å². The molecule has 3 rings (SSSR count). The van der Waals surface area contributed by atoms with Crippen LogP contribution >= 0.6 is 0 Å².